The quantitative estimate of drug-likeness (QED) is 0.798. The minimum absolute atomic E-state index is 0.135. The van der Waals surface area contributed by atoms with Crippen molar-refractivity contribution in [1.29, 1.82) is 0 Å². The fourth-order valence-electron chi connectivity index (χ4n) is 1.81. The van der Waals surface area contributed by atoms with Crippen LogP contribution >= 0.6 is 0 Å². The van der Waals surface area contributed by atoms with Crippen molar-refractivity contribution in [1.82, 2.24) is 14.9 Å². The van der Waals surface area contributed by atoms with Crippen molar-refractivity contribution in [3.05, 3.63) is 22.7 Å². The van der Waals surface area contributed by atoms with Crippen molar-refractivity contribution >= 4 is 11.7 Å². The lowest BCUT2D eigenvalue weighted by atomic mass is 10.2. The van der Waals surface area contributed by atoms with E-state index in [1.807, 2.05) is 27.7 Å². The number of hydrogen-bond acceptors (Lipinski definition) is 4. The summed E-state index contributed by atoms with van der Waals surface area (Å²) in [6.07, 6.45) is 3.24. The van der Waals surface area contributed by atoms with E-state index in [4.69, 9.17) is 0 Å². The van der Waals surface area contributed by atoms with Crippen LogP contribution in [0, 0.1) is 11.8 Å². The Balaban J connectivity index is 2.74. The molecule has 0 aromatic carbocycles. The van der Waals surface area contributed by atoms with Crippen molar-refractivity contribution < 1.29 is 4.79 Å². The van der Waals surface area contributed by atoms with Gasteiger partial charge in [-0.1, -0.05) is 27.7 Å². The van der Waals surface area contributed by atoms with Crippen LogP contribution in [0.2, 0.25) is 0 Å². The number of nitrogens with zero attached hydrogens (tertiary/aromatic N) is 2. The van der Waals surface area contributed by atoms with E-state index in [1.165, 1.54) is 0 Å². The summed E-state index contributed by atoms with van der Waals surface area (Å²) < 4.78 is 1.61. The molecular formula is C15H26N4O2. The lowest BCUT2D eigenvalue weighted by Crippen LogP contribution is -2.41. The fraction of sp³-hybridized carbons (Fsp3) is 0.667. The van der Waals surface area contributed by atoms with Crippen LogP contribution in [0.4, 0.5) is 5.82 Å². The molecule has 0 saturated heterocycles. The van der Waals surface area contributed by atoms with Crippen LogP contribution in [0.25, 0.3) is 0 Å². The summed E-state index contributed by atoms with van der Waals surface area (Å²) in [6, 6.07) is -0.501. The second-order valence-electron chi connectivity index (χ2n) is 6.13. The number of anilines is 1. The molecule has 0 aliphatic carbocycles. The topological polar surface area (TPSA) is 76.0 Å². The van der Waals surface area contributed by atoms with E-state index in [2.05, 4.69) is 15.6 Å². The third kappa shape index (κ3) is 5.57. The fourth-order valence-corrected chi connectivity index (χ4v) is 1.81. The normalized spacial score (nSPS) is 12.5. The number of hydrogen-bond donors (Lipinski definition) is 2. The molecule has 6 nitrogen and oxygen atoms in total. The molecule has 1 unspecified atom stereocenters. The summed E-state index contributed by atoms with van der Waals surface area (Å²) in [5, 5.41) is 5.72. The highest BCUT2D eigenvalue weighted by Gasteiger charge is 2.15. The predicted molar refractivity (Wildman–Crippen MR) is 84.3 cm³/mol. The average molecular weight is 294 g/mol. The highest BCUT2D eigenvalue weighted by Crippen LogP contribution is 2.01. The molecule has 0 bridgehead atoms. The van der Waals surface area contributed by atoms with Gasteiger partial charge in [-0.05, 0) is 18.8 Å². The standard InChI is InChI=1S/C15H26N4O2/c1-10(2)8-17-14(20)12(5)18-13-15(21)19(7-6-16-13)9-11(3)4/h6-7,10-12H,8-9H2,1-5H3,(H,16,18)(H,17,20). The smallest absolute Gasteiger partial charge is 0.293 e. The van der Waals surface area contributed by atoms with E-state index in [0.29, 0.717) is 24.9 Å². The molecule has 1 aromatic heterocycles. The number of nitrogens with one attached hydrogen (secondary N) is 2. The van der Waals surface area contributed by atoms with Crippen LogP contribution in [0.15, 0.2) is 17.2 Å². The number of carbonyl (C=O) groups excluding carboxylic acids is 1. The molecule has 21 heavy (non-hydrogen) atoms. The molecule has 2 N–H and O–H groups in total. The third-order valence-corrected chi connectivity index (χ3v) is 2.91. The van der Waals surface area contributed by atoms with E-state index < -0.39 is 6.04 Å². The zero-order valence-electron chi connectivity index (χ0n) is 13.5. The van der Waals surface area contributed by atoms with Crippen LogP contribution in [-0.2, 0) is 11.3 Å². The van der Waals surface area contributed by atoms with Gasteiger partial charge in [0, 0.05) is 25.5 Å². The Morgan fingerprint density at radius 2 is 1.90 bits per heavy atom. The van der Waals surface area contributed by atoms with Crippen LogP contribution in [0.1, 0.15) is 34.6 Å². The maximum Gasteiger partial charge on any atom is 0.293 e. The van der Waals surface area contributed by atoms with Crippen LogP contribution < -0.4 is 16.2 Å². The Labute approximate surface area is 126 Å². The van der Waals surface area contributed by atoms with Crippen LogP contribution in [-0.4, -0.2) is 28.0 Å². The van der Waals surface area contributed by atoms with E-state index in [9.17, 15) is 9.59 Å². The molecule has 1 heterocycles. The molecule has 118 valence electrons. The molecule has 0 spiro atoms. The van der Waals surface area contributed by atoms with Gasteiger partial charge in [0.05, 0.1) is 0 Å². The summed E-state index contributed by atoms with van der Waals surface area (Å²) in [7, 11) is 0. The van der Waals surface area contributed by atoms with E-state index in [1.54, 1.807) is 23.9 Å². The molecule has 0 aliphatic rings. The minimum Gasteiger partial charge on any atom is -0.354 e. The highest BCUT2D eigenvalue weighted by atomic mass is 16.2. The van der Waals surface area contributed by atoms with E-state index in [-0.39, 0.29) is 17.3 Å². The van der Waals surface area contributed by atoms with Gasteiger partial charge in [0.25, 0.3) is 5.56 Å². The molecule has 0 aliphatic heterocycles. The summed E-state index contributed by atoms with van der Waals surface area (Å²) >= 11 is 0. The monoisotopic (exact) mass is 294 g/mol. The Morgan fingerprint density at radius 3 is 2.48 bits per heavy atom. The predicted octanol–water partition coefficient (Wildman–Crippen LogP) is 1.47. The number of rotatable bonds is 7. The molecule has 0 radical (unpaired) electrons. The minimum atomic E-state index is -0.501. The second-order valence-corrected chi connectivity index (χ2v) is 6.13. The number of amides is 1. The Bertz CT molecular complexity index is 523. The van der Waals surface area contributed by atoms with Crippen LogP contribution in [0.3, 0.4) is 0 Å². The largest absolute Gasteiger partial charge is 0.354 e. The van der Waals surface area contributed by atoms with Crippen molar-refractivity contribution in [2.45, 2.75) is 47.2 Å². The third-order valence-electron chi connectivity index (χ3n) is 2.91. The van der Waals surface area contributed by atoms with Gasteiger partial charge in [-0.25, -0.2) is 4.98 Å². The van der Waals surface area contributed by atoms with Gasteiger partial charge >= 0.3 is 0 Å². The lowest BCUT2D eigenvalue weighted by molar-refractivity contribution is -0.121. The lowest BCUT2D eigenvalue weighted by Gasteiger charge is -2.16. The van der Waals surface area contributed by atoms with E-state index in [0.717, 1.165) is 0 Å². The zero-order chi connectivity index (χ0) is 16.0. The Kier molecular flexibility index (Phi) is 6.39. The first kappa shape index (κ1) is 17.2. The molecule has 1 atom stereocenters. The SMILES string of the molecule is CC(C)CNC(=O)C(C)Nc1nccn(CC(C)C)c1=O. The van der Waals surface area contributed by atoms with Crippen molar-refractivity contribution in [2.75, 3.05) is 11.9 Å². The van der Waals surface area contributed by atoms with Gasteiger partial charge in [-0.15, -0.1) is 0 Å². The van der Waals surface area contributed by atoms with Crippen molar-refractivity contribution in [3.63, 3.8) is 0 Å². The molecule has 0 saturated carbocycles. The summed E-state index contributed by atoms with van der Waals surface area (Å²) in [6.45, 7) is 11.1. The Hall–Kier alpha value is -1.85. The van der Waals surface area contributed by atoms with Crippen LogP contribution in [0.5, 0.6) is 0 Å². The summed E-state index contributed by atoms with van der Waals surface area (Å²) in [4.78, 5) is 28.2. The zero-order valence-corrected chi connectivity index (χ0v) is 13.5. The number of aromatic nitrogens is 2. The van der Waals surface area contributed by atoms with Crippen molar-refractivity contribution in [3.8, 4) is 0 Å². The van der Waals surface area contributed by atoms with Gasteiger partial charge < -0.3 is 15.2 Å². The molecule has 1 amide bonds. The Morgan fingerprint density at radius 1 is 1.24 bits per heavy atom. The molecule has 1 rings (SSSR count). The van der Waals surface area contributed by atoms with Gasteiger partial charge in [-0.3, -0.25) is 9.59 Å². The first-order valence-corrected chi connectivity index (χ1v) is 7.41. The molecule has 0 fully saturated rings. The average Bonchev–Trinajstić information content (AvgIpc) is 2.39. The van der Waals surface area contributed by atoms with Gasteiger partial charge in [-0.2, -0.15) is 0 Å². The maximum atomic E-state index is 12.2. The molecular weight excluding hydrogens is 268 g/mol. The summed E-state index contributed by atoms with van der Waals surface area (Å²) in [5.41, 5.74) is -0.199. The molecule has 1 aromatic rings. The van der Waals surface area contributed by atoms with Gasteiger partial charge in [0.1, 0.15) is 6.04 Å². The first-order valence-electron chi connectivity index (χ1n) is 7.41. The second kappa shape index (κ2) is 7.81. The van der Waals surface area contributed by atoms with Gasteiger partial charge in [0.15, 0.2) is 5.82 Å². The number of carbonyl (C=O) groups is 1. The summed E-state index contributed by atoms with van der Waals surface area (Å²) in [5.74, 6) is 0.832. The van der Waals surface area contributed by atoms with Gasteiger partial charge in [0.2, 0.25) is 5.91 Å². The van der Waals surface area contributed by atoms with E-state index >= 15 is 0 Å². The highest BCUT2D eigenvalue weighted by molar-refractivity contribution is 5.83. The first-order chi connectivity index (χ1) is 9.81. The molecule has 6 heteroatoms. The van der Waals surface area contributed by atoms with Crippen molar-refractivity contribution in [2.24, 2.45) is 11.8 Å². The maximum absolute atomic E-state index is 12.2.